The van der Waals surface area contributed by atoms with Crippen LogP contribution in [0.1, 0.15) is 78.5 Å². The van der Waals surface area contributed by atoms with Crippen LogP contribution in [0, 0.1) is 39.8 Å². The summed E-state index contributed by atoms with van der Waals surface area (Å²) in [5, 5.41) is 34.9. The van der Waals surface area contributed by atoms with E-state index in [1.807, 2.05) is 12.1 Å². The maximum Gasteiger partial charge on any atom is 0.318 e. The van der Waals surface area contributed by atoms with Crippen LogP contribution in [0.25, 0.3) is 0 Å². The Kier molecular flexibility index (Phi) is 20.7. The van der Waals surface area contributed by atoms with Crippen molar-refractivity contribution < 1.29 is 64.1 Å². The molecule has 6 saturated heterocycles. The van der Waals surface area contributed by atoms with Crippen LogP contribution in [-0.2, 0) is 50.2 Å². The monoisotopic (exact) mass is 1440 g/mol. The van der Waals surface area contributed by atoms with Crippen molar-refractivity contribution in [1.82, 2.24) is 50.0 Å². The van der Waals surface area contributed by atoms with Gasteiger partial charge in [-0.1, -0.05) is 0 Å². The highest BCUT2D eigenvalue weighted by Crippen LogP contribution is 2.52. The van der Waals surface area contributed by atoms with E-state index in [1.165, 1.54) is 98.4 Å². The summed E-state index contributed by atoms with van der Waals surface area (Å²) in [6.45, 7) is 15.1. The molecule has 14 rings (SSSR count). The number of urea groups is 2. The quantitative estimate of drug-likeness (QED) is 0.120. The Morgan fingerprint density at radius 2 is 0.942 bits per heavy atom. The highest BCUT2D eigenvalue weighted by atomic mass is 32.2. The molecule has 8 aliphatic rings. The Morgan fingerprint density at radius 1 is 0.534 bits per heavy atom. The Balaban J connectivity index is 0.000000183. The number of piperazine rings is 2. The summed E-state index contributed by atoms with van der Waals surface area (Å²) in [6, 6.07) is 29.5. The van der Waals surface area contributed by atoms with E-state index in [-0.39, 0.29) is 85.9 Å². The molecule has 31 heteroatoms. The van der Waals surface area contributed by atoms with Crippen molar-refractivity contribution in [1.29, 1.82) is 15.8 Å². The molecule has 0 spiro atoms. The van der Waals surface area contributed by atoms with Crippen molar-refractivity contribution in [2.45, 2.75) is 84.6 Å². The van der Waals surface area contributed by atoms with Gasteiger partial charge < -0.3 is 44.1 Å². The first-order chi connectivity index (χ1) is 49.8. The Morgan fingerprint density at radius 3 is 1.32 bits per heavy atom. The van der Waals surface area contributed by atoms with Gasteiger partial charge in [-0.3, -0.25) is 29.2 Å². The van der Waals surface area contributed by atoms with Gasteiger partial charge in [0.15, 0.2) is 11.1 Å². The number of rotatable bonds is 17. The first-order valence-electron chi connectivity index (χ1n) is 34.4. The van der Waals surface area contributed by atoms with E-state index >= 15 is 14.0 Å². The van der Waals surface area contributed by atoms with E-state index in [0.29, 0.717) is 85.1 Å². The molecule has 2 atom stereocenters. The number of aromatic nitrogens is 2. The fourth-order valence-corrected chi connectivity index (χ4v) is 18.0. The van der Waals surface area contributed by atoms with Crippen molar-refractivity contribution in [3.8, 4) is 35.7 Å². The van der Waals surface area contributed by atoms with Crippen molar-refractivity contribution in [3.05, 3.63) is 160 Å². The fourth-order valence-electron chi connectivity index (χ4n) is 15.0. The van der Waals surface area contributed by atoms with Gasteiger partial charge >= 0.3 is 12.1 Å². The zero-order valence-corrected chi connectivity index (χ0v) is 58.8. The molecule has 6 fully saturated rings. The molecule has 538 valence electrons. The molecule has 0 radical (unpaired) electrons. The Hall–Kier alpha value is -9.88. The number of halogens is 1. The first-order valence-corrected chi connectivity index (χ1v) is 37.3. The molecular weight excluding hydrogens is 1370 g/mol. The number of nitriles is 3. The number of sulfonamides is 2. The minimum Gasteiger partial charge on any atom is -0.497 e. The second-order valence-electron chi connectivity index (χ2n) is 26.2. The van der Waals surface area contributed by atoms with Gasteiger partial charge in [-0.25, -0.2) is 40.8 Å². The summed E-state index contributed by atoms with van der Waals surface area (Å²) in [5.74, 6) is -3.15. The number of likely N-dealkylation sites (tertiary alicyclic amines) is 2. The third-order valence-electron chi connectivity index (χ3n) is 20.7. The van der Waals surface area contributed by atoms with Crippen LogP contribution in [0.15, 0.2) is 125 Å². The van der Waals surface area contributed by atoms with Gasteiger partial charge in [0.1, 0.15) is 16.5 Å². The molecule has 6 aromatic rings. The minimum atomic E-state index is -4.94. The molecule has 0 aliphatic carbocycles. The predicted molar refractivity (Wildman–Crippen MR) is 370 cm³/mol. The van der Waals surface area contributed by atoms with Crippen molar-refractivity contribution in [3.63, 3.8) is 0 Å². The number of anilines is 2. The standard InChI is InChI=1S/C36H40FN7O7S.C36H38N8O6S/c1-3-51-33-28(5-4-12-39-33)36(40-35(46)43-17-15-42(16-18-43)25-10-13-41(14-11-25)26-22-50-23-26)29-19-24(21-38)6-8-31(29)44(34(36)45)52(47,48)32-9-7-27(49-2)20-30(32)37;1-2-50-33-30(4-3-13-39-33)36(40-35(46)43-18-16-42(17-19-43)27-11-14-41(15-12-27)28-23-49-24-28)31-20-26(22-38)7-10-32(31)44(34(36)45)51(47,48)29-8-5-25(21-37)6-9-29/h4-9,12,19-20,25-26H,3,10-11,13-18,22-23H2,1-2H3,(H,40,46);3-10,13,20,27-28H,2,11-12,14-19,23-24H2,1H3,(H,40,46)/t2*36-/m11/s1. The van der Waals surface area contributed by atoms with Gasteiger partial charge in [0.05, 0.1) is 121 Å². The topological polar surface area (TPSA) is 330 Å². The number of hydrogen-bond donors (Lipinski definition) is 2. The van der Waals surface area contributed by atoms with Gasteiger partial charge in [-0.2, -0.15) is 24.4 Å². The number of ether oxygens (including phenoxy) is 5. The number of carbonyl (C=O) groups excluding carboxylic acids is 4. The van der Waals surface area contributed by atoms with Crippen molar-refractivity contribution in [2.24, 2.45) is 0 Å². The maximum absolute atomic E-state index is 15.4. The lowest BCUT2D eigenvalue weighted by molar-refractivity contribution is -0.122. The molecule has 103 heavy (non-hydrogen) atoms. The number of carbonyl (C=O) groups is 4. The van der Waals surface area contributed by atoms with Crippen LogP contribution in [0.4, 0.5) is 25.4 Å². The molecular formula is C72H78FN15O13S2. The first kappa shape index (κ1) is 71.5. The smallest absolute Gasteiger partial charge is 0.318 e. The summed E-state index contributed by atoms with van der Waals surface area (Å²) < 4.78 is 101. The molecule has 4 aromatic carbocycles. The van der Waals surface area contributed by atoms with Crippen LogP contribution < -0.4 is 33.5 Å². The molecule has 2 N–H and O–H groups in total. The summed E-state index contributed by atoms with van der Waals surface area (Å²) in [6.07, 6.45) is 7.06. The number of fused-ring (bicyclic) bond motifs is 2. The Bertz CT molecular complexity index is 4600. The largest absolute Gasteiger partial charge is 0.497 e. The third kappa shape index (κ3) is 13.3. The lowest BCUT2D eigenvalue weighted by atomic mass is 9.83. The summed E-state index contributed by atoms with van der Waals surface area (Å²) in [7, 11) is -8.22. The Labute approximate surface area is 596 Å². The number of methoxy groups -OCH3 is 1. The lowest BCUT2D eigenvalue weighted by Crippen LogP contribution is -2.61. The zero-order chi connectivity index (χ0) is 72.4. The van der Waals surface area contributed by atoms with Crippen LogP contribution in [0.2, 0.25) is 0 Å². The van der Waals surface area contributed by atoms with Gasteiger partial charge in [0, 0.05) is 120 Å². The number of nitrogens with one attached hydrogen (secondary N) is 2. The van der Waals surface area contributed by atoms with Gasteiger partial charge in [0.2, 0.25) is 11.8 Å². The molecule has 0 bridgehead atoms. The van der Waals surface area contributed by atoms with Gasteiger partial charge in [-0.05, 0) is 137 Å². The van der Waals surface area contributed by atoms with E-state index in [2.05, 4.69) is 46.3 Å². The number of amides is 6. The molecule has 10 heterocycles. The van der Waals surface area contributed by atoms with E-state index in [4.69, 9.17) is 23.7 Å². The van der Waals surface area contributed by atoms with E-state index in [0.717, 1.165) is 90.4 Å². The van der Waals surface area contributed by atoms with E-state index < -0.39 is 65.7 Å². The number of benzene rings is 4. The van der Waals surface area contributed by atoms with Gasteiger partial charge in [0.25, 0.3) is 31.9 Å². The molecule has 6 amide bonds. The van der Waals surface area contributed by atoms with Crippen LogP contribution in [0.3, 0.4) is 0 Å². The summed E-state index contributed by atoms with van der Waals surface area (Å²) in [5.41, 5.74) is -3.77. The van der Waals surface area contributed by atoms with Crippen LogP contribution in [-0.4, -0.2) is 230 Å². The molecule has 0 saturated carbocycles. The van der Waals surface area contributed by atoms with Crippen molar-refractivity contribution >= 4 is 55.3 Å². The van der Waals surface area contributed by atoms with Crippen molar-refractivity contribution in [2.75, 3.05) is 134 Å². The number of piperidine rings is 2. The average Bonchev–Trinajstić information content (AvgIpc) is 1.54. The second-order valence-corrected chi connectivity index (χ2v) is 29.7. The highest BCUT2D eigenvalue weighted by Gasteiger charge is 2.61. The minimum absolute atomic E-state index is 0.00129. The summed E-state index contributed by atoms with van der Waals surface area (Å²) in [4.78, 5) is 79.5. The van der Waals surface area contributed by atoms with Crippen LogP contribution in [0.5, 0.6) is 17.5 Å². The predicted octanol–water partition coefficient (Wildman–Crippen LogP) is 5.06. The van der Waals surface area contributed by atoms with Gasteiger partial charge in [-0.15, -0.1) is 0 Å². The van der Waals surface area contributed by atoms with Crippen LogP contribution >= 0.6 is 0 Å². The summed E-state index contributed by atoms with van der Waals surface area (Å²) >= 11 is 0. The number of pyridine rings is 2. The number of nitrogens with zero attached hydrogens (tertiary/aromatic N) is 13. The third-order valence-corrected chi connectivity index (χ3v) is 24.1. The lowest BCUT2D eigenvalue weighted by Gasteiger charge is -2.46. The molecule has 0 unspecified atom stereocenters. The molecule has 2 aromatic heterocycles. The average molecular weight is 1440 g/mol. The van der Waals surface area contributed by atoms with E-state index in [9.17, 15) is 42.2 Å². The SMILES string of the molecule is CCOc1ncccc1[C@]1(NC(=O)N2CCN(C3CCN(C4COC4)CC3)CC2)C(=O)N(S(=O)(=O)c2ccc(C#N)cc2)c2ccc(C#N)cc21.CCOc1ncccc1[C@]1(NC(=O)N2CCN(C3CCN(C4COC4)CC3)CC2)C(=O)N(S(=O)(=O)c2ccc(OC)cc2F)c2ccc(C#N)cc21. The normalized spacial score (nSPS) is 21.7. The highest BCUT2D eigenvalue weighted by molar-refractivity contribution is 7.94. The second kappa shape index (κ2) is 29.8. The maximum atomic E-state index is 15.4. The fraction of sp³-hybridized carbons (Fsp3) is 0.431. The molecule has 8 aliphatic heterocycles. The molecule has 28 nitrogen and oxygen atoms in total. The zero-order valence-electron chi connectivity index (χ0n) is 57.2. The number of hydrogen-bond acceptors (Lipinski definition) is 22. The van der Waals surface area contributed by atoms with E-state index in [1.54, 1.807) is 35.8 Å².